The van der Waals surface area contributed by atoms with Crippen molar-refractivity contribution in [3.8, 4) is 11.4 Å². The van der Waals surface area contributed by atoms with Gasteiger partial charge in [0.15, 0.2) is 11.3 Å². The molecule has 0 unspecified atom stereocenters. The van der Waals surface area contributed by atoms with E-state index >= 15 is 0 Å². The van der Waals surface area contributed by atoms with Gasteiger partial charge in [-0.25, -0.2) is 8.42 Å². The van der Waals surface area contributed by atoms with E-state index in [0.29, 0.717) is 18.7 Å². The lowest BCUT2D eigenvalue weighted by Crippen LogP contribution is -2.12. The van der Waals surface area contributed by atoms with Gasteiger partial charge >= 0.3 is 0 Å². The summed E-state index contributed by atoms with van der Waals surface area (Å²) in [5, 5.41) is 7.03. The highest BCUT2D eigenvalue weighted by atomic mass is 35.7. The molecule has 0 aliphatic rings. The molecule has 1 N–H and O–H groups in total. The smallest absolute Gasteiger partial charge is 0.296 e. The van der Waals surface area contributed by atoms with Gasteiger partial charge in [-0.1, -0.05) is 6.92 Å². The van der Waals surface area contributed by atoms with Crippen LogP contribution in [0.3, 0.4) is 0 Å². The van der Waals surface area contributed by atoms with E-state index in [-0.39, 0.29) is 22.0 Å². The second-order valence-corrected chi connectivity index (χ2v) is 6.75. The van der Waals surface area contributed by atoms with Crippen molar-refractivity contribution in [3.05, 3.63) is 28.2 Å². The molecular weight excluding hydrogens is 304 g/mol. The number of hydrogen-bond acceptors (Lipinski definition) is 5. The van der Waals surface area contributed by atoms with E-state index in [1.807, 2.05) is 6.92 Å². The fourth-order valence-electron chi connectivity index (χ4n) is 1.84. The lowest BCUT2D eigenvalue weighted by atomic mass is 10.2. The van der Waals surface area contributed by atoms with Gasteiger partial charge in [0.25, 0.3) is 14.2 Å². The molecular formula is C11H13ClN4O3S. The summed E-state index contributed by atoms with van der Waals surface area (Å²) in [4.78, 5) is 14.9. The summed E-state index contributed by atoms with van der Waals surface area (Å²) >= 11 is 0. The number of H-pyrrole nitrogens is 1. The lowest BCUT2D eigenvalue weighted by Gasteiger charge is -2.07. The van der Waals surface area contributed by atoms with E-state index < -0.39 is 9.05 Å². The van der Waals surface area contributed by atoms with E-state index in [0.717, 1.165) is 0 Å². The normalized spacial score (nSPS) is 11.8. The van der Waals surface area contributed by atoms with E-state index in [1.54, 1.807) is 6.92 Å². The average Bonchev–Trinajstić information content (AvgIpc) is 2.73. The molecule has 2 aromatic heterocycles. The highest BCUT2D eigenvalue weighted by molar-refractivity contribution is 8.13. The van der Waals surface area contributed by atoms with Crippen LogP contribution >= 0.6 is 10.7 Å². The SMILES string of the molecule is CCCn1c(-c2c[nH]c(C)cc2=O)nnc1S(=O)(=O)Cl. The van der Waals surface area contributed by atoms with Crippen molar-refractivity contribution in [1.82, 2.24) is 19.7 Å². The molecule has 0 aromatic carbocycles. The molecule has 0 fully saturated rings. The maximum atomic E-state index is 12.0. The van der Waals surface area contributed by atoms with E-state index in [9.17, 15) is 13.2 Å². The zero-order chi connectivity index (χ0) is 14.9. The molecule has 0 amide bonds. The molecule has 0 spiro atoms. The first-order valence-corrected chi connectivity index (χ1v) is 8.23. The molecule has 108 valence electrons. The maximum absolute atomic E-state index is 12.0. The van der Waals surface area contributed by atoms with Crippen LogP contribution in [0.4, 0.5) is 0 Å². The molecule has 9 heteroatoms. The molecule has 2 aromatic rings. The van der Waals surface area contributed by atoms with Gasteiger partial charge in [-0.2, -0.15) is 0 Å². The van der Waals surface area contributed by atoms with E-state index in [1.165, 1.54) is 16.8 Å². The lowest BCUT2D eigenvalue weighted by molar-refractivity contribution is 0.570. The van der Waals surface area contributed by atoms with Crippen molar-refractivity contribution in [2.75, 3.05) is 0 Å². The Hall–Kier alpha value is -1.67. The molecule has 2 heterocycles. The predicted octanol–water partition coefficient (Wildman–Crippen LogP) is 1.28. The van der Waals surface area contributed by atoms with Crippen molar-refractivity contribution >= 4 is 19.7 Å². The molecule has 0 radical (unpaired) electrons. The molecule has 2 rings (SSSR count). The number of aromatic amines is 1. The predicted molar refractivity (Wildman–Crippen MR) is 74.1 cm³/mol. The van der Waals surface area contributed by atoms with Gasteiger partial charge in [0.2, 0.25) is 0 Å². The van der Waals surface area contributed by atoms with Gasteiger partial charge in [-0.05, 0) is 13.3 Å². The Balaban J connectivity index is 2.69. The van der Waals surface area contributed by atoms with Crippen LogP contribution in [0.5, 0.6) is 0 Å². The second-order valence-electron chi connectivity index (χ2n) is 4.29. The van der Waals surface area contributed by atoms with Crippen LogP contribution < -0.4 is 5.43 Å². The molecule has 0 saturated heterocycles. The number of aromatic nitrogens is 4. The first-order valence-electron chi connectivity index (χ1n) is 5.92. The van der Waals surface area contributed by atoms with Crippen LogP contribution in [0.2, 0.25) is 0 Å². The number of hydrogen-bond donors (Lipinski definition) is 1. The summed E-state index contributed by atoms with van der Waals surface area (Å²) in [6.07, 6.45) is 2.13. The van der Waals surface area contributed by atoms with Gasteiger partial charge in [0.05, 0.1) is 5.56 Å². The van der Waals surface area contributed by atoms with E-state index in [4.69, 9.17) is 10.7 Å². The fourth-order valence-corrected chi connectivity index (χ4v) is 2.76. The topological polar surface area (TPSA) is 97.7 Å². The van der Waals surface area contributed by atoms with Crippen molar-refractivity contribution in [3.63, 3.8) is 0 Å². The first kappa shape index (κ1) is 14.7. The monoisotopic (exact) mass is 316 g/mol. The minimum Gasteiger partial charge on any atom is -0.364 e. The Morgan fingerprint density at radius 1 is 1.40 bits per heavy atom. The third-order valence-corrected chi connectivity index (χ3v) is 3.83. The van der Waals surface area contributed by atoms with Gasteiger partial charge in [-0.3, -0.25) is 9.36 Å². The number of pyridine rings is 1. The summed E-state index contributed by atoms with van der Waals surface area (Å²) in [5.74, 6) is 0.187. The summed E-state index contributed by atoms with van der Waals surface area (Å²) in [6, 6.07) is 1.41. The molecule has 0 bridgehead atoms. The van der Waals surface area contributed by atoms with Crippen LogP contribution in [-0.4, -0.2) is 28.2 Å². The Labute approximate surface area is 120 Å². The Morgan fingerprint density at radius 2 is 2.10 bits per heavy atom. The molecule has 0 atom stereocenters. The molecule has 0 aliphatic carbocycles. The second kappa shape index (κ2) is 5.37. The van der Waals surface area contributed by atoms with Gasteiger partial charge in [0.1, 0.15) is 0 Å². The standard InChI is InChI=1S/C11H13ClN4O3S/c1-3-4-16-10(14-15-11(16)20(12,18)19)8-6-13-7(2)5-9(8)17/h5-6H,3-4H2,1-2H3,(H,13,17). The highest BCUT2D eigenvalue weighted by Crippen LogP contribution is 2.20. The first-order chi connectivity index (χ1) is 9.34. The molecule has 7 nitrogen and oxygen atoms in total. The minimum atomic E-state index is -4.01. The van der Waals surface area contributed by atoms with Crippen molar-refractivity contribution in [2.24, 2.45) is 0 Å². The fraction of sp³-hybridized carbons (Fsp3) is 0.364. The Bertz CT molecular complexity index is 794. The third kappa shape index (κ3) is 2.75. The number of nitrogens with one attached hydrogen (secondary N) is 1. The van der Waals surface area contributed by atoms with Crippen LogP contribution in [0.15, 0.2) is 22.2 Å². The summed E-state index contributed by atoms with van der Waals surface area (Å²) in [5.41, 5.74) is 0.693. The zero-order valence-electron chi connectivity index (χ0n) is 10.9. The summed E-state index contributed by atoms with van der Waals surface area (Å²) < 4.78 is 24.3. The largest absolute Gasteiger partial charge is 0.364 e. The number of rotatable bonds is 4. The average molecular weight is 317 g/mol. The Morgan fingerprint density at radius 3 is 2.65 bits per heavy atom. The van der Waals surface area contributed by atoms with Gasteiger partial charge in [0, 0.05) is 35.2 Å². The van der Waals surface area contributed by atoms with Crippen molar-refractivity contribution < 1.29 is 8.42 Å². The van der Waals surface area contributed by atoms with Crippen LogP contribution in [0.25, 0.3) is 11.4 Å². The van der Waals surface area contributed by atoms with Gasteiger partial charge in [-0.15, -0.1) is 10.2 Å². The minimum absolute atomic E-state index is 0.187. The molecule has 20 heavy (non-hydrogen) atoms. The highest BCUT2D eigenvalue weighted by Gasteiger charge is 2.23. The number of halogens is 1. The van der Waals surface area contributed by atoms with Gasteiger partial charge < -0.3 is 4.98 Å². The Kier molecular flexibility index (Phi) is 3.96. The quantitative estimate of drug-likeness (QED) is 0.857. The van der Waals surface area contributed by atoms with Crippen LogP contribution in [-0.2, 0) is 15.6 Å². The zero-order valence-corrected chi connectivity index (χ0v) is 12.5. The maximum Gasteiger partial charge on any atom is 0.296 e. The van der Waals surface area contributed by atoms with Crippen LogP contribution in [0, 0.1) is 6.92 Å². The third-order valence-electron chi connectivity index (χ3n) is 2.68. The van der Waals surface area contributed by atoms with E-state index in [2.05, 4.69) is 15.2 Å². The number of nitrogens with zero attached hydrogens (tertiary/aromatic N) is 3. The van der Waals surface area contributed by atoms with Crippen molar-refractivity contribution in [1.29, 1.82) is 0 Å². The van der Waals surface area contributed by atoms with Crippen molar-refractivity contribution in [2.45, 2.75) is 32.0 Å². The summed E-state index contributed by atoms with van der Waals surface area (Å²) in [6.45, 7) is 3.96. The number of aryl methyl sites for hydroxylation is 1. The summed E-state index contributed by atoms with van der Waals surface area (Å²) in [7, 11) is 1.31. The molecule has 0 saturated carbocycles. The molecule has 0 aliphatic heterocycles. The van der Waals surface area contributed by atoms with Crippen LogP contribution in [0.1, 0.15) is 19.0 Å².